The summed E-state index contributed by atoms with van der Waals surface area (Å²) >= 11 is 13.0. The number of piperidine rings is 1. The first-order chi connectivity index (χ1) is 17.0. The van der Waals surface area contributed by atoms with Gasteiger partial charge < -0.3 is 15.0 Å². The van der Waals surface area contributed by atoms with Crippen molar-refractivity contribution in [1.29, 1.82) is 0 Å². The lowest BCUT2D eigenvalue weighted by Crippen LogP contribution is -2.49. The van der Waals surface area contributed by atoms with Crippen molar-refractivity contribution in [3.8, 4) is 0 Å². The van der Waals surface area contributed by atoms with Crippen molar-refractivity contribution in [3.05, 3.63) is 69.3 Å². The molecule has 1 aromatic heterocycles. The number of H-pyrrole nitrogens is 1. The molecular weight excluding hydrogens is 483 g/mol. The van der Waals surface area contributed by atoms with E-state index < -0.39 is 0 Å². The van der Waals surface area contributed by atoms with E-state index >= 15 is 0 Å². The van der Waals surface area contributed by atoms with Crippen molar-refractivity contribution in [2.45, 2.75) is 25.3 Å². The highest BCUT2D eigenvalue weighted by atomic mass is 35.5. The summed E-state index contributed by atoms with van der Waals surface area (Å²) in [6, 6.07) is 13.9. The van der Waals surface area contributed by atoms with Gasteiger partial charge in [-0.05, 0) is 55.6 Å². The van der Waals surface area contributed by atoms with Crippen molar-refractivity contribution in [2.75, 3.05) is 52.4 Å². The summed E-state index contributed by atoms with van der Waals surface area (Å²) in [5.74, 6) is 0.421. The van der Waals surface area contributed by atoms with Crippen LogP contribution in [0.5, 0.6) is 0 Å². The number of nitrogens with one attached hydrogen (secondary N) is 1. The van der Waals surface area contributed by atoms with Gasteiger partial charge >= 0.3 is 0 Å². The van der Waals surface area contributed by atoms with Gasteiger partial charge in [0.25, 0.3) is 5.91 Å². The number of para-hydroxylation sites is 1. The molecule has 1 amide bonds. The van der Waals surface area contributed by atoms with E-state index in [1.165, 1.54) is 0 Å². The molecule has 0 saturated carbocycles. The van der Waals surface area contributed by atoms with Gasteiger partial charge in [-0.3, -0.25) is 14.6 Å². The zero-order valence-electron chi connectivity index (χ0n) is 19.9. The topological polar surface area (TPSA) is 62.8 Å². The van der Waals surface area contributed by atoms with E-state index in [9.17, 15) is 9.90 Å². The maximum Gasteiger partial charge on any atom is 0.270 e. The van der Waals surface area contributed by atoms with Crippen LogP contribution in [0.3, 0.4) is 0 Å². The van der Waals surface area contributed by atoms with Crippen molar-refractivity contribution >= 4 is 40.0 Å². The van der Waals surface area contributed by atoms with Crippen LogP contribution in [0.2, 0.25) is 10.0 Å². The Labute approximate surface area is 216 Å². The smallest absolute Gasteiger partial charge is 0.270 e. The van der Waals surface area contributed by atoms with Crippen molar-refractivity contribution < 1.29 is 9.90 Å². The van der Waals surface area contributed by atoms with E-state index in [0.29, 0.717) is 31.2 Å². The number of hydrogen-bond donors (Lipinski definition) is 2. The molecule has 8 heteroatoms. The van der Waals surface area contributed by atoms with Gasteiger partial charge in [-0.2, -0.15) is 0 Å². The number of fused-ring (bicyclic) bond motifs is 1. The molecule has 186 valence electrons. The number of piperazine rings is 1. The molecule has 2 N–H and O–H groups in total. The van der Waals surface area contributed by atoms with Crippen LogP contribution in [0.15, 0.2) is 42.5 Å². The average Bonchev–Trinajstić information content (AvgIpc) is 3.23. The lowest BCUT2D eigenvalue weighted by Gasteiger charge is -2.35. The fraction of sp³-hybridized carbons (Fsp3) is 0.444. The summed E-state index contributed by atoms with van der Waals surface area (Å²) < 4.78 is 0. The molecule has 2 aliphatic heterocycles. The standard InChI is InChI=1S/C27H32Cl2N4O2/c28-22-5-3-6-23(29)25(22)19-8-10-32(11-9-19)18-21-20-4-1-2-7-24(20)30-26(21)27(35)33-14-12-31(13-15-33)16-17-34/h1-7,19,30,34H,8-18H2. The van der Waals surface area contributed by atoms with E-state index in [1.807, 2.05) is 41.3 Å². The number of β-amino-alcohol motifs (C(OH)–C–C–N with tert-alkyl or cyclic N) is 1. The second-order valence-corrected chi connectivity index (χ2v) is 10.4. The molecule has 0 spiro atoms. The van der Waals surface area contributed by atoms with Crippen LogP contribution in [0.1, 0.15) is 40.4 Å². The van der Waals surface area contributed by atoms with Crippen LogP contribution < -0.4 is 0 Å². The highest BCUT2D eigenvalue weighted by Gasteiger charge is 2.29. The monoisotopic (exact) mass is 514 g/mol. The summed E-state index contributed by atoms with van der Waals surface area (Å²) in [4.78, 5) is 23.6. The Morgan fingerprint density at radius 3 is 2.29 bits per heavy atom. The molecule has 0 unspecified atom stereocenters. The van der Waals surface area contributed by atoms with Crippen LogP contribution in [0.4, 0.5) is 0 Å². The molecule has 0 atom stereocenters. The molecule has 2 fully saturated rings. The fourth-order valence-electron chi connectivity index (χ4n) is 5.53. The van der Waals surface area contributed by atoms with Gasteiger partial charge in [0.05, 0.1) is 6.61 Å². The van der Waals surface area contributed by atoms with E-state index in [-0.39, 0.29) is 12.5 Å². The Balaban J connectivity index is 1.32. The number of aromatic nitrogens is 1. The lowest BCUT2D eigenvalue weighted by atomic mass is 9.89. The van der Waals surface area contributed by atoms with Gasteiger partial charge in [-0.15, -0.1) is 0 Å². The van der Waals surface area contributed by atoms with Gasteiger partial charge in [0.1, 0.15) is 5.69 Å². The molecule has 0 aliphatic carbocycles. The van der Waals surface area contributed by atoms with E-state index in [1.54, 1.807) is 0 Å². The zero-order chi connectivity index (χ0) is 24.4. The molecule has 0 radical (unpaired) electrons. The maximum atomic E-state index is 13.6. The third-order valence-electron chi connectivity index (χ3n) is 7.48. The summed E-state index contributed by atoms with van der Waals surface area (Å²) in [5, 5.41) is 11.8. The first kappa shape index (κ1) is 24.6. The predicted octanol–water partition coefficient (Wildman–Crippen LogP) is 4.60. The number of halogens is 2. The molecule has 0 bridgehead atoms. The number of aliphatic hydroxyl groups excluding tert-OH is 1. The maximum absolute atomic E-state index is 13.6. The Morgan fingerprint density at radius 2 is 1.60 bits per heavy atom. The third-order valence-corrected chi connectivity index (χ3v) is 8.14. The van der Waals surface area contributed by atoms with Crippen molar-refractivity contribution in [3.63, 3.8) is 0 Å². The quantitative estimate of drug-likeness (QED) is 0.504. The van der Waals surface area contributed by atoms with Gasteiger partial charge in [0.15, 0.2) is 0 Å². The van der Waals surface area contributed by atoms with Gasteiger partial charge in [-0.25, -0.2) is 0 Å². The number of carbonyl (C=O) groups is 1. The number of nitrogens with zero attached hydrogens (tertiary/aromatic N) is 3. The van der Waals surface area contributed by atoms with E-state index in [4.69, 9.17) is 23.2 Å². The number of rotatable bonds is 6. The normalized spacial score (nSPS) is 18.4. The van der Waals surface area contributed by atoms with Crippen molar-refractivity contribution in [1.82, 2.24) is 19.7 Å². The first-order valence-corrected chi connectivity index (χ1v) is 13.2. The summed E-state index contributed by atoms with van der Waals surface area (Å²) in [6.45, 7) is 6.35. The SMILES string of the molecule is O=C(c1[nH]c2ccccc2c1CN1CCC(c2c(Cl)cccc2Cl)CC1)N1CCN(CCO)CC1. The average molecular weight is 515 g/mol. The molecule has 5 rings (SSSR count). The fourth-order valence-corrected chi connectivity index (χ4v) is 6.23. The minimum absolute atomic E-state index is 0.0672. The van der Waals surface area contributed by atoms with Crippen LogP contribution in [-0.4, -0.2) is 83.1 Å². The summed E-state index contributed by atoms with van der Waals surface area (Å²) in [7, 11) is 0. The molecule has 35 heavy (non-hydrogen) atoms. The van der Waals surface area contributed by atoms with Crippen LogP contribution >= 0.6 is 23.2 Å². The molecular formula is C27H32Cl2N4O2. The number of amides is 1. The second kappa shape index (κ2) is 10.9. The second-order valence-electron chi connectivity index (χ2n) is 9.57. The zero-order valence-corrected chi connectivity index (χ0v) is 21.4. The Bertz CT molecular complexity index is 1160. The van der Waals surface area contributed by atoms with E-state index in [2.05, 4.69) is 20.9 Å². The Hall–Kier alpha value is -2.09. The van der Waals surface area contributed by atoms with Gasteiger partial charge in [0, 0.05) is 65.8 Å². The highest BCUT2D eigenvalue weighted by Crippen LogP contribution is 2.38. The lowest BCUT2D eigenvalue weighted by molar-refractivity contribution is 0.0608. The predicted molar refractivity (Wildman–Crippen MR) is 141 cm³/mol. The highest BCUT2D eigenvalue weighted by molar-refractivity contribution is 6.36. The number of benzene rings is 2. The summed E-state index contributed by atoms with van der Waals surface area (Å²) in [6.07, 6.45) is 1.98. The third kappa shape index (κ3) is 5.23. The number of carbonyl (C=O) groups excluding carboxylic acids is 1. The molecule has 2 saturated heterocycles. The Morgan fingerprint density at radius 1 is 0.914 bits per heavy atom. The minimum atomic E-state index is 0.0672. The van der Waals surface area contributed by atoms with E-state index in [0.717, 1.165) is 77.6 Å². The molecule has 6 nitrogen and oxygen atoms in total. The Kier molecular flexibility index (Phi) is 7.65. The van der Waals surface area contributed by atoms with Crippen LogP contribution in [0.25, 0.3) is 10.9 Å². The first-order valence-electron chi connectivity index (χ1n) is 12.4. The number of likely N-dealkylation sites (tertiary alicyclic amines) is 1. The largest absolute Gasteiger partial charge is 0.395 e. The number of hydrogen-bond acceptors (Lipinski definition) is 4. The number of aliphatic hydroxyl groups is 1. The molecule has 3 heterocycles. The molecule has 2 aliphatic rings. The van der Waals surface area contributed by atoms with Gasteiger partial charge in [-0.1, -0.05) is 47.5 Å². The van der Waals surface area contributed by atoms with Gasteiger partial charge in [0.2, 0.25) is 0 Å². The molecule has 2 aromatic carbocycles. The van der Waals surface area contributed by atoms with Crippen LogP contribution in [-0.2, 0) is 6.54 Å². The van der Waals surface area contributed by atoms with Crippen molar-refractivity contribution in [2.24, 2.45) is 0 Å². The number of aromatic amines is 1. The minimum Gasteiger partial charge on any atom is -0.395 e. The molecule has 3 aromatic rings. The van der Waals surface area contributed by atoms with Crippen LogP contribution in [0, 0.1) is 0 Å². The summed E-state index contributed by atoms with van der Waals surface area (Å²) in [5.41, 5.74) is 3.86.